The van der Waals surface area contributed by atoms with Gasteiger partial charge in [0.25, 0.3) is 6.01 Å². The van der Waals surface area contributed by atoms with Gasteiger partial charge in [0.05, 0.1) is 23.3 Å². The largest absolute Gasteiger partial charge is 0.478 e. The lowest BCUT2D eigenvalue weighted by Crippen LogP contribution is -2.17. The molecular weight excluding hydrogens is 554 g/mol. The lowest BCUT2D eigenvalue weighted by Gasteiger charge is -2.12. The van der Waals surface area contributed by atoms with Gasteiger partial charge in [-0.15, -0.1) is 0 Å². The molecule has 0 spiro atoms. The molecule has 0 amide bonds. The minimum atomic E-state index is -1.11. The van der Waals surface area contributed by atoms with Gasteiger partial charge in [-0.25, -0.2) is 13.6 Å². The van der Waals surface area contributed by atoms with Gasteiger partial charge in [0.2, 0.25) is 0 Å². The summed E-state index contributed by atoms with van der Waals surface area (Å²) in [4.78, 5) is 18.3. The zero-order valence-corrected chi connectivity index (χ0v) is 23.4. The average Bonchev–Trinajstić information content (AvgIpc) is 3.40. The zero-order valence-electron chi connectivity index (χ0n) is 23.4. The molecular formula is C33H28F2N4O4. The van der Waals surface area contributed by atoms with Crippen LogP contribution in [0, 0.1) is 24.0 Å². The zero-order chi connectivity index (χ0) is 30.5. The fourth-order valence-electron chi connectivity index (χ4n) is 4.68. The number of aryl methyl sites for hydroxylation is 1. The van der Waals surface area contributed by atoms with Gasteiger partial charge in [0, 0.05) is 31.6 Å². The molecule has 0 radical (unpaired) electrons. The topological polar surface area (TPSA) is 120 Å². The van der Waals surface area contributed by atoms with Crippen molar-refractivity contribution in [2.45, 2.75) is 6.92 Å². The molecule has 0 unspecified atom stereocenters. The number of aromatic amines is 1. The number of aromatic nitrogens is 2. The van der Waals surface area contributed by atoms with Gasteiger partial charge in [-0.1, -0.05) is 54.6 Å². The van der Waals surface area contributed by atoms with E-state index in [1.165, 1.54) is 12.3 Å². The number of carboxylic acids is 1. The Kier molecular flexibility index (Phi) is 8.59. The predicted molar refractivity (Wildman–Crippen MR) is 162 cm³/mol. The average molecular weight is 583 g/mol. The molecule has 0 aliphatic carbocycles. The number of hydrogen-bond donors (Lipinski definition) is 4. The molecule has 0 aliphatic heterocycles. The number of hydrogen-bond acceptors (Lipinski definition) is 6. The van der Waals surface area contributed by atoms with E-state index in [1.807, 2.05) is 24.3 Å². The molecule has 5 rings (SSSR count). The van der Waals surface area contributed by atoms with Crippen molar-refractivity contribution in [1.29, 1.82) is 5.41 Å². The lowest BCUT2D eigenvalue weighted by molar-refractivity contribution is 0.0695. The standard InChI is InChI=1S/C33H28F2N4O4/c1-19-3-12-24(17-25(19)32(40)41)43-33-38-28-18-26(34)29(30(35)31(28)39-33)23-10-6-21(7-11-23)20-4-8-22(9-5-20)27(13-14-36)37-15-16-42-2/h3-14,17-18,36-37H,15-16H2,1-2H3,(H,38,39)(H,40,41)/b27-13-,36-14?. The molecule has 4 aromatic carbocycles. The molecule has 218 valence electrons. The second kappa shape index (κ2) is 12.7. The van der Waals surface area contributed by atoms with Gasteiger partial charge < -0.3 is 30.3 Å². The van der Waals surface area contributed by atoms with Crippen molar-refractivity contribution in [2.75, 3.05) is 20.3 Å². The van der Waals surface area contributed by atoms with Gasteiger partial charge >= 0.3 is 5.97 Å². The van der Waals surface area contributed by atoms with E-state index >= 15 is 8.78 Å². The molecule has 0 fully saturated rings. The number of aromatic carboxylic acids is 1. The number of halogens is 2. The molecule has 4 N–H and O–H groups in total. The Hall–Kier alpha value is -5.35. The van der Waals surface area contributed by atoms with Crippen molar-refractivity contribution in [1.82, 2.24) is 15.3 Å². The molecule has 10 heteroatoms. The van der Waals surface area contributed by atoms with E-state index in [4.69, 9.17) is 14.9 Å². The van der Waals surface area contributed by atoms with Gasteiger partial charge in [-0.2, -0.15) is 4.98 Å². The van der Waals surface area contributed by atoms with Gasteiger partial charge in [-0.05, 0) is 52.9 Å². The molecule has 5 aromatic rings. The number of allylic oxidation sites excluding steroid dienone is 1. The first-order valence-electron chi connectivity index (χ1n) is 13.3. The summed E-state index contributed by atoms with van der Waals surface area (Å²) in [6, 6.07) is 20.2. The quantitative estimate of drug-likeness (QED) is 0.0966. The number of fused-ring (bicyclic) bond motifs is 1. The van der Waals surface area contributed by atoms with Crippen LogP contribution >= 0.6 is 0 Å². The summed E-state index contributed by atoms with van der Waals surface area (Å²) < 4.78 is 41.5. The Labute approximate surface area is 246 Å². The van der Waals surface area contributed by atoms with Crippen LogP contribution in [-0.2, 0) is 4.74 Å². The maximum absolute atomic E-state index is 15.6. The monoisotopic (exact) mass is 582 g/mol. The third-order valence-electron chi connectivity index (χ3n) is 6.88. The normalized spacial score (nSPS) is 11.5. The second-order valence-corrected chi connectivity index (χ2v) is 9.69. The van der Waals surface area contributed by atoms with E-state index in [0.29, 0.717) is 24.3 Å². The summed E-state index contributed by atoms with van der Waals surface area (Å²) in [5.41, 5.74) is 4.20. The number of methoxy groups -OCH3 is 1. The molecule has 0 atom stereocenters. The van der Waals surface area contributed by atoms with Crippen molar-refractivity contribution in [3.05, 3.63) is 107 Å². The maximum atomic E-state index is 15.6. The highest BCUT2D eigenvalue weighted by Crippen LogP contribution is 2.34. The Morgan fingerprint density at radius 2 is 1.70 bits per heavy atom. The van der Waals surface area contributed by atoms with Crippen molar-refractivity contribution >= 4 is 28.9 Å². The number of imidazole rings is 1. The summed E-state index contributed by atoms with van der Waals surface area (Å²) in [5, 5.41) is 20.0. The van der Waals surface area contributed by atoms with Gasteiger partial charge in [-0.3, -0.25) is 0 Å². The van der Waals surface area contributed by atoms with Crippen LogP contribution in [0.2, 0.25) is 0 Å². The Morgan fingerprint density at radius 3 is 2.35 bits per heavy atom. The molecule has 0 aliphatic rings. The fourth-order valence-corrected chi connectivity index (χ4v) is 4.68. The predicted octanol–water partition coefficient (Wildman–Crippen LogP) is 7.20. The van der Waals surface area contributed by atoms with E-state index in [1.54, 1.807) is 56.5 Å². The van der Waals surface area contributed by atoms with Crippen LogP contribution in [0.25, 0.3) is 39.0 Å². The number of nitrogens with zero attached hydrogens (tertiary/aromatic N) is 1. The van der Waals surface area contributed by atoms with Gasteiger partial charge in [0.1, 0.15) is 17.1 Å². The molecule has 8 nitrogen and oxygen atoms in total. The summed E-state index contributed by atoms with van der Waals surface area (Å²) in [6.07, 6.45) is 2.89. The minimum Gasteiger partial charge on any atom is -0.478 e. The number of rotatable bonds is 11. The first kappa shape index (κ1) is 29.2. The van der Waals surface area contributed by atoms with Crippen molar-refractivity contribution < 1.29 is 28.2 Å². The molecule has 0 saturated carbocycles. The Bertz CT molecular complexity index is 1830. The fraction of sp³-hybridized carbons (Fsp3) is 0.121. The SMILES string of the molecule is COCCN/C(=C\C=N)c1ccc(-c2ccc(-c3c(F)cc4[nH]c(Oc5ccc(C)c(C(=O)O)c5)nc4c3F)cc2)cc1. The van der Waals surface area contributed by atoms with E-state index in [-0.39, 0.29) is 33.9 Å². The Balaban J connectivity index is 1.38. The third kappa shape index (κ3) is 6.29. The number of carboxylic acid groups (broad SMARTS) is 1. The molecule has 0 bridgehead atoms. The van der Waals surface area contributed by atoms with E-state index < -0.39 is 17.6 Å². The van der Waals surface area contributed by atoms with Crippen LogP contribution in [-0.4, -0.2) is 47.5 Å². The first-order valence-corrected chi connectivity index (χ1v) is 13.3. The minimum absolute atomic E-state index is 0.0619. The smallest absolute Gasteiger partial charge is 0.336 e. The summed E-state index contributed by atoms with van der Waals surface area (Å²) >= 11 is 0. The highest BCUT2D eigenvalue weighted by atomic mass is 19.1. The Morgan fingerprint density at radius 1 is 1.02 bits per heavy atom. The molecule has 1 heterocycles. The van der Waals surface area contributed by atoms with Crippen LogP contribution < -0.4 is 10.1 Å². The van der Waals surface area contributed by atoms with E-state index in [2.05, 4.69) is 15.3 Å². The van der Waals surface area contributed by atoms with Gasteiger partial charge in [0.15, 0.2) is 5.82 Å². The van der Waals surface area contributed by atoms with Crippen LogP contribution in [0.3, 0.4) is 0 Å². The number of ether oxygens (including phenoxy) is 2. The summed E-state index contributed by atoms with van der Waals surface area (Å²) in [5.74, 6) is -2.53. The molecule has 43 heavy (non-hydrogen) atoms. The summed E-state index contributed by atoms with van der Waals surface area (Å²) in [6.45, 7) is 2.80. The summed E-state index contributed by atoms with van der Waals surface area (Å²) in [7, 11) is 1.62. The number of benzene rings is 4. The van der Waals surface area contributed by atoms with E-state index in [9.17, 15) is 9.90 Å². The third-order valence-corrected chi connectivity index (χ3v) is 6.88. The van der Waals surface area contributed by atoms with Crippen LogP contribution in [0.5, 0.6) is 11.8 Å². The van der Waals surface area contributed by atoms with Crippen molar-refractivity contribution in [3.63, 3.8) is 0 Å². The van der Waals surface area contributed by atoms with Crippen LogP contribution in [0.4, 0.5) is 8.78 Å². The van der Waals surface area contributed by atoms with Crippen molar-refractivity contribution in [2.24, 2.45) is 0 Å². The molecule has 1 aromatic heterocycles. The number of nitrogens with one attached hydrogen (secondary N) is 3. The highest BCUT2D eigenvalue weighted by molar-refractivity contribution is 5.90. The van der Waals surface area contributed by atoms with Crippen LogP contribution in [0.15, 0.2) is 78.9 Å². The number of H-pyrrole nitrogens is 1. The maximum Gasteiger partial charge on any atom is 0.336 e. The number of carbonyl (C=O) groups is 1. The van der Waals surface area contributed by atoms with Crippen molar-refractivity contribution in [3.8, 4) is 34.0 Å². The molecule has 0 saturated heterocycles. The second-order valence-electron chi connectivity index (χ2n) is 9.69. The lowest BCUT2D eigenvalue weighted by atomic mass is 9.98. The van der Waals surface area contributed by atoms with Crippen LogP contribution in [0.1, 0.15) is 21.5 Å². The van der Waals surface area contributed by atoms with E-state index in [0.717, 1.165) is 28.5 Å². The first-order chi connectivity index (χ1) is 20.8. The highest BCUT2D eigenvalue weighted by Gasteiger charge is 2.20.